The number of hydrogen-bond acceptors (Lipinski definition) is 4. The molecule has 1 aromatic heterocycles. The van der Waals surface area contributed by atoms with Gasteiger partial charge in [-0.1, -0.05) is 44.9 Å². The van der Waals surface area contributed by atoms with Crippen LogP contribution in [0.25, 0.3) is 33.1 Å². The van der Waals surface area contributed by atoms with Crippen molar-refractivity contribution in [2.75, 3.05) is 49.6 Å². The Morgan fingerprint density at radius 3 is 1.93 bits per heavy atom. The fraction of sp³-hybridized carbons (Fsp3) is 0.462. The lowest BCUT2D eigenvalue weighted by atomic mass is 9.89. The fourth-order valence-corrected chi connectivity index (χ4v) is 7.32. The Hall–Kier alpha value is -4.13. The maximum atomic E-state index is 14.0. The van der Waals surface area contributed by atoms with Crippen molar-refractivity contribution in [3.8, 4) is 11.1 Å². The molecule has 3 heterocycles. The average molecular weight is 623 g/mol. The summed E-state index contributed by atoms with van der Waals surface area (Å²) in [4.78, 5) is 31.8. The van der Waals surface area contributed by atoms with Gasteiger partial charge in [-0.3, -0.25) is 9.59 Å². The van der Waals surface area contributed by atoms with E-state index in [0.717, 1.165) is 111 Å². The van der Waals surface area contributed by atoms with Crippen LogP contribution in [0.4, 0.5) is 11.4 Å². The molecular weight excluding hydrogens is 574 g/mol. The maximum absolute atomic E-state index is 14.0. The van der Waals surface area contributed by atoms with Crippen LogP contribution in [0.1, 0.15) is 86.7 Å². The Balaban J connectivity index is 1.56. The molecule has 0 atom stereocenters. The van der Waals surface area contributed by atoms with Crippen molar-refractivity contribution in [2.24, 2.45) is 0 Å². The molecule has 2 aliphatic rings. The van der Waals surface area contributed by atoms with Crippen molar-refractivity contribution in [2.45, 2.75) is 78.1 Å². The second kappa shape index (κ2) is 14.1. The second-order valence-corrected chi connectivity index (χ2v) is 13.1. The first-order valence-corrected chi connectivity index (χ1v) is 17.4. The summed E-state index contributed by atoms with van der Waals surface area (Å²) >= 11 is 0. The molecule has 3 aromatic carbocycles. The average Bonchev–Trinajstić information content (AvgIpc) is 3.06. The van der Waals surface area contributed by atoms with Crippen LogP contribution in [0.3, 0.4) is 0 Å². The summed E-state index contributed by atoms with van der Waals surface area (Å²) in [5.41, 5.74) is 9.46. The molecule has 0 radical (unpaired) electrons. The molecule has 0 saturated heterocycles. The summed E-state index contributed by atoms with van der Waals surface area (Å²) in [5, 5.41) is 11.2. The van der Waals surface area contributed by atoms with E-state index in [-0.39, 0.29) is 12.3 Å². The van der Waals surface area contributed by atoms with Gasteiger partial charge in [0.05, 0.1) is 22.9 Å². The minimum Gasteiger partial charge on any atom is -0.481 e. The van der Waals surface area contributed by atoms with Crippen molar-refractivity contribution < 1.29 is 19.1 Å². The van der Waals surface area contributed by atoms with Crippen molar-refractivity contribution in [3.05, 3.63) is 65.2 Å². The van der Waals surface area contributed by atoms with E-state index in [1.54, 1.807) is 11.9 Å². The molecule has 7 heteroatoms. The first kappa shape index (κ1) is 31.8. The van der Waals surface area contributed by atoms with Gasteiger partial charge < -0.3 is 19.8 Å². The number of carbonyl (C=O) groups is 2. The first-order valence-electron chi connectivity index (χ1n) is 17.4. The highest BCUT2D eigenvalue weighted by Gasteiger charge is 2.30. The van der Waals surface area contributed by atoms with Gasteiger partial charge in [-0.2, -0.15) is 0 Å². The number of anilines is 2. The summed E-state index contributed by atoms with van der Waals surface area (Å²) in [5.74, 6) is -0.948. The molecule has 2 aliphatic heterocycles. The molecule has 0 fully saturated rings. The molecular formula is C39H48N3O4+. The molecule has 242 valence electrons. The van der Waals surface area contributed by atoms with Crippen LogP contribution in [0.2, 0.25) is 0 Å². The van der Waals surface area contributed by atoms with Gasteiger partial charge in [-0.25, -0.2) is 4.42 Å². The van der Waals surface area contributed by atoms with Crippen LogP contribution >= 0.6 is 0 Å². The van der Waals surface area contributed by atoms with Crippen LogP contribution in [0.5, 0.6) is 0 Å². The molecule has 0 aliphatic carbocycles. The van der Waals surface area contributed by atoms with Crippen LogP contribution in [-0.4, -0.2) is 61.7 Å². The maximum Gasteiger partial charge on any atom is 0.363 e. The highest BCUT2D eigenvalue weighted by atomic mass is 16.4. The number of amides is 1. The quantitative estimate of drug-likeness (QED) is 0.126. The zero-order valence-electron chi connectivity index (χ0n) is 27.7. The highest BCUT2D eigenvalue weighted by molar-refractivity contribution is 6.14. The van der Waals surface area contributed by atoms with E-state index in [4.69, 9.17) is 9.52 Å². The van der Waals surface area contributed by atoms with Gasteiger partial charge in [0.15, 0.2) is 0 Å². The van der Waals surface area contributed by atoms with E-state index in [2.05, 4.69) is 54.0 Å². The Bertz CT molecular complexity index is 1670. The SMILES string of the molecule is CCCCN1CCCc2cc3c(-c4ccccc4C(=O)N(C)CCCC(=O)O)c4cc5c(cc4[o+]c3cc21)N(CCCC)CCC5. The molecule has 0 saturated carbocycles. The van der Waals surface area contributed by atoms with Crippen LogP contribution in [-0.2, 0) is 17.6 Å². The first-order chi connectivity index (χ1) is 22.4. The molecule has 7 nitrogen and oxygen atoms in total. The number of carboxylic acid groups (broad SMARTS) is 1. The molecule has 0 bridgehead atoms. The van der Waals surface area contributed by atoms with E-state index >= 15 is 0 Å². The van der Waals surface area contributed by atoms with E-state index in [0.29, 0.717) is 18.5 Å². The summed E-state index contributed by atoms with van der Waals surface area (Å²) < 4.78 is 6.87. The van der Waals surface area contributed by atoms with Gasteiger partial charge >= 0.3 is 17.1 Å². The van der Waals surface area contributed by atoms with E-state index in [1.807, 2.05) is 18.2 Å². The van der Waals surface area contributed by atoms with Crippen molar-refractivity contribution in [1.29, 1.82) is 0 Å². The number of aryl methyl sites for hydroxylation is 2. The molecule has 1 N–H and O–H groups in total. The lowest BCUT2D eigenvalue weighted by Crippen LogP contribution is -2.30. The molecule has 1 amide bonds. The third-order valence-electron chi connectivity index (χ3n) is 9.77. The predicted octanol–water partition coefficient (Wildman–Crippen LogP) is 8.58. The Morgan fingerprint density at radius 1 is 0.826 bits per heavy atom. The van der Waals surface area contributed by atoms with E-state index in [1.165, 1.54) is 22.5 Å². The van der Waals surface area contributed by atoms with Crippen molar-refractivity contribution in [3.63, 3.8) is 0 Å². The number of unbranched alkanes of at least 4 members (excludes halogenated alkanes) is 2. The minimum atomic E-state index is -0.847. The van der Waals surface area contributed by atoms with Gasteiger partial charge in [0.1, 0.15) is 0 Å². The number of hydrogen-bond donors (Lipinski definition) is 1. The number of benzene rings is 3. The smallest absolute Gasteiger partial charge is 0.363 e. The Morgan fingerprint density at radius 2 is 1.39 bits per heavy atom. The zero-order chi connectivity index (χ0) is 32.2. The molecule has 6 rings (SSSR count). The molecule has 46 heavy (non-hydrogen) atoms. The summed E-state index contributed by atoms with van der Waals surface area (Å²) in [6.07, 6.45) is 9.39. The van der Waals surface area contributed by atoms with Gasteiger partial charge in [0, 0.05) is 68.7 Å². The van der Waals surface area contributed by atoms with Crippen LogP contribution in [0.15, 0.2) is 52.9 Å². The van der Waals surface area contributed by atoms with Gasteiger partial charge in [0.2, 0.25) is 0 Å². The monoisotopic (exact) mass is 622 g/mol. The lowest BCUT2D eigenvalue weighted by molar-refractivity contribution is -0.137. The highest BCUT2D eigenvalue weighted by Crippen LogP contribution is 2.44. The van der Waals surface area contributed by atoms with Gasteiger partial charge in [0.25, 0.3) is 5.91 Å². The summed E-state index contributed by atoms with van der Waals surface area (Å²) in [6, 6.07) is 17.0. The number of carboxylic acids is 1. The van der Waals surface area contributed by atoms with Gasteiger partial charge in [-0.15, -0.1) is 0 Å². The number of carbonyl (C=O) groups excluding carboxylic acids is 1. The Kier molecular flexibility index (Phi) is 9.76. The number of fused-ring (bicyclic) bond motifs is 4. The second-order valence-electron chi connectivity index (χ2n) is 13.1. The van der Waals surface area contributed by atoms with Crippen LogP contribution in [0, 0.1) is 0 Å². The molecule has 4 aromatic rings. The lowest BCUT2D eigenvalue weighted by Gasteiger charge is -2.31. The number of rotatable bonds is 12. The van der Waals surface area contributed by atoms with Crippen LogP contribution < -0.4 is 9.80 Å². The predicted molar refractivity (Wildman–Crippen MR) is 188 cm³/mol. The van der Waals surface area contributed by atoms with Crippen molar-refractivity contribution in [1.82, 2.24) is 4.90 Å². The topological polar surface area (TPSA) is 75.4 Å². The molecule has 0 spiro atoms. The zero-order valence-corrected chi connectivity index (χ0v) is 27.7. The van der Waals surface area contributed by atoms with Gasteiger partial charge in [-0.05, 0) is 79.8 Å². The minimum absolute atomic E-state index is 0.0372. The van der Waals surface area contributed by atoms with Crippen molar-refractivity contribution >= 4 is 45.2 Å². The number of aliphatic carboxylic acids is 1. The fourth-order valence-electron chi connectivity index (χ4n) is 7.32. The number of nitrogens with zero attached hydrogens (tertiary/aromatic N) is 3. The largest absolute Gasteiger partial charge is 0.481 e. The van der Waals surface area contributed by atoms with E-state index in [9.17, 15) is 9.59 Å². The summed E-state index contributed by atoms with van der Waals surface area (Å²) in [7, 11) is 1.76. The third-order valence-corrected chi connectivity index (χ3v) is 9.77. The van der Waals surface area contributed by atoms with E-state index < -0.39 is 5.97 Å². The normalized spacial score (nSPS) is 14.4. The molecule has 0 unspecified atom stereocenters. The Labute approximate surface area is 272 Å². The standard InChI is InChI=1S/C39H47N3O4/c1-4-6-19-41-21-10-13-27-23-31-35(25-33(27)41)46-36-26-34-28(14-11-22-42(34)20-7-5-2)24-32(36)38(31)29-15-8-9-16-30(29)39(45)40(3)18-12-17-37(43)44/h8-9,15-16,23-26H,4-7,10-14,17-22H2,1-3H3/p+1. The summed E-state index contributed by atoms with van der Waals surface area (Å²) in [6.45, 7) is 9.07. The third kappa shape index (κ3) is 6.42.